The summed E-state index contributed by atoms with van der Waals surface area (Å²) < 4.78 is 15.4. The van der Waals surface area contributed by atoms with Crippen LogP contribution in [0.2, 0.25) is 0 Å². The second-order valence-electron chi connectivity index (χ2n) is 5.87. The van der Waals surface area contributed by atoms with Gasteiger partial charge in [0.1, 0.15) is 6.10 Å². The van der Waals surface area contributed by atoms with Crippen molar-refractivity contribution in [2.45, 2.75) is 25.5 Å². The topological polar surface area (TPSA) is 72.2 Å². The molecule has 0 spiro atoms. The highest BCUT2D eigenvalue weighted by atomic mass is 16.5. The van der Waals surface area contributed by atoms with Gasteiger partial charge in [0.05, 0.1) is 13.4 Å². The number of carbonyl (C=O) groups is 2. The van der Waals surface area contributed by atoms with Crippen LogP contribution in [0.15, 0.2) is 16.7 Å². The molecule has 2 aliphatic heterocycles. The molecule has 23 heavy (non-hydrogen) atoms. The van der Waals surface area contributed by atoms with Crippen LogP contribution in [0.5, 0.6) is 0 Å². The van der Waals surface area contributed by atoms with Crippen molar-refractivity contribution in [3.63, 3.8) is 0 Å². The van der Waals surface area contributed by atoms with Gasteiger partial charge < -0.3 is 18.8 Å². The van der Waals surface area contributed by atoms with E-state index in [1.807, 2.05) is 4.90 Å². The number of methoxy groups -OCH3 is 1. The standard InChI is InChI=1S/C16H22N2O5/c1-21-16(20)14-12(4-10-23-14)11-17-5-7-18(8-6-17)15(19)13-3-2-9-22-13/h4,10,13H,2-3,5-9,11H2,1H3. The molecule has 1 aromatic rings. The molecule has 2 saturated heterocycles. The summed E-state index contributed by atoms with van der Waals surface area (Å²) in [5, 5.41) is 0. The van der Waals surface area contributed by atoms with Gasteiger partial charge in [0, 0.05) is 44.9 Å². The quantitative estimate of drug-likeness (QED) is 0.767. The van der Waals surface area contributed by atoms with Gasteiger partial charge in [-0.1, -0.05) is 0 Å². The van der Waals surface area contributed by atoms with E-state index >= 15 is 0 Å². The minimum Gasteiger partial charge on any atom is -0.463 e. The summed E-state index contributed by atoms with van der Waals surface area (Å²) in [6, 6.07) is 1.79. The van der Waals surface area contributed by atoms with Crippen molar-refractivity contribution in [2.75, 3.05) is 39.9 Å². The Balaban J connectivity index is 1.52. The summed E-state index contributed by atoms with van der Waals surface area (Å²) in [6.07, 6.45) is 3.05. The Morgan fingerprint density at radius 3 is 2.74 bits per heavy atom. The minimum atomic E-state index is -0.461. The maximum Gasteiger partial charge on any atom is 0.374 e. The Bertz CT molecular complexity index is 557. The van der Waals surface area contributed by atoms with Crippen molar-refractivity contribution < 1.29 is 23.5 Å². The highest BCUT2D eigenvalue weighted by Crippen LogP contribution is 2.18. The Hall–Kier alpha value is -1.86. The number of hydrogen-bond donors (Lipinski definition) is 0. The van der Waals surface area contributed by atoms with Gasteiger partial charge in [-0.05, 0) is 18.9 Å². The van der Waals surface area contributed by atoms with Crippen LogP contribution >= 0.6 is 0 Å². The van der Waals surface area contributed by atoms with E-state index in [1.165, 1.54) is 13.4 Å². The normalized spacial score (nSPS) is 22.3. The third kappa shape index (κ3) is 3.56. The van der Waals surface area contributed by atoms with Crippen LogP contribution < -0.4 is 0 Å². The van der Waals surface area contributed by atoms with Crippen molar-refractivity contribution in [2.24, 2.45) is 0 Å². The fourth-order valence-corrected chi connectivity index (χ4v) is 3.08. The molecule has 2 fully saturated rings. The van der Waals surface area contributed by atoms with Crippen LogP contribution in [-0.4, -0.2) is 67.7 Å². The molecule has 1 amide bonds. The van der Waals surface area contributed by atoms with Crippen LogP contribution in [0, 0.1) is 0 Å². The molecule has 0 radical (unpaired) electrons. The average Bonchev–Trinajstić information content (AvgIpc) is 3.26. The van der Waals surface area contributed by atoms with Gasteiger partial charge in [-0.3, -0.25) is 9.69 Å². The lowest BCUT2D eigenvalue weighted by molar-refractivity contribution is -0.142. The number of hydrogen-bond acceptors (Lipinski definition) is 6. The first-order valence-corrected chi connectivity index (χ1v) is 7.96. The first-order valence-electron chi connectivity index (χ1n) is 7.96. The molecule has 7 heteroatoms. The van der Waals surface area contributed by atoms with Gasteiger partial charge in [0.2, 0.25) is 5.76 Å². The molecular formula is C16H22N2O5. The molecule has 0 bridgehead atoms. The highest BCUT2D eigenvalue weighted by Gasteiger charge is 2.30. The molecular weight excluding hydrogens is 300 g/mol. The molecule has 2 aliphatic rings. The molecule has 0 aliphatic carbocycles. The predicted octanol–water partition coefficient (Wildman–Crippen LogP) is 0.889. The number of furan rings is 1. The van der Waals surface area contributed by atoms with Crippen molar-refractivity contribution in [3.8, 4) is 0 Å². The monoisotopic (exact) mass is 322 g/mol. The van der Waals surface area contributed by atoms with Crippen molar-refractivity contribution in [3.05, 3.63) is 23.7 Å². The lowest BCUT2D eigenvalue weighted by Crippen LogP contribution is -2.51. The lowest BCUT2D eigenvalue weighted by Gasteiger charge is -2.35. The van der Waals surface area contributed by atoms with E-state index in [-0.39, 0.29) is 17.8 Å². The third-order valence-corrected chi connectivity index (χ3v) is 4.40. The molecule has 1 unspecified atom stereocenters. The smallest absolute Gasteiger partial charge is 0.374 e. The van der Waals surface area contributed by atoms with Gasteiger partial charge in [-0.25, -0.2) is 4.79 Å². The van der Waals surface area contributed by atoms with E-state index in [9.17, 15) is 9.59 Å². The largest absolute Gasteiger partial charge is 0.463 e. The van der Waals surface area contributed by atoms with Crippen molar-refractivity contribution in [1.82, 2.24) is 9.80 Å². The van der Waals surface area contributed by atoms with Gasteiger partial charge in [-0.2, -0.15) is 0 Å². The summed E-state index contributed by atoms with van der Waals surface area (Å²) in [5.74, 6) is -0.0942. The summed E-state index contributed by atoms with van der Waals surface area (Å²) in [7, 11) is 1.34. The summed E-state index contributed by atoms with van der Waals surface area (Å²) >= 11 is 0. The molecule has 1 atom stereocenters. The fourth-order valence-electron chi connectivity index (χ4n) is 3.08. The summed E-state index contributed by atoms with van der Waals surface area (Å²) in [5.41, 5.74) is 0.816. The maximum atomic E-state index is 12.3. The summed E-state index contributed by atoms with van der Waals surface area (Å²) in [4.78, 5) is 28.0. The van der Waals surface area contributed by atoms with Crippen LogP contribution in [-0.2, 0) is 20.8 Å². The Morgan fingerprint density at radius 1 is 1.30 bits per heavy atom. The van der Waals surface area contributed by atoms with E-state index in [0.29, 0.717) is 26.2 Å². The molecule has 0 aromatic carbocycles. The maximum absolute atomic E-state index is 12.3. The van der Waals surface area contributed by atoms with Gasteiger partial charge in [-0.15, -0.1) is 0 Å². The second-order valence-corrected chi connectivity index (χ2v) is 5.87. The fraction of sp³-hybridized carbons (Fsp3) is 0.625. The molecule has 126 valence electrons. The van der Waals surface area contributed by atoms with E-state index < -0.39 is 5.97 Å². The number of nitrogens with zero attached hydrogens (tertiary/aromatic N) is 2. The number of rotatable bonds is 4. The SMILES string of the molecule is COC(=O)c1occc1CN1CCN(C(=O)C2CCCO2)CC1. The zero-order valence-corrected chi connectivity index (χ0v) is 13.3. The van der Waals surface area contributed by atoms with Crippen molar-refractivity contribution >= 4 is 11.9 Å². The second kappa shape index (κ2) is 7.14. The van der Waals surface area contributed by atoms with Crippen LogP contribution in [0.1, 0.15) is 29.0 Å². The van der Waals surface area contributed by atoms with Crippen LogP contribution in [0.3, 0.4) is 0 Å². The van der Waals surface area contributed by atoms with Gasteiger partial charge >= 0.3 is 5.97 Å². The van der Waals surface area contributed by atoms with Crippen molar-refractivity contribution in [1.29, 1.82) is 0 Å². The first kappa shape index (κ1) is 16.0. The Morgan fingerprint density at radius 2 is 2.09 bits per heavy atom. The average molecular weight is 322 g/mol. The van der Waals surface area contributed by atoms with Gasteiger partial charge in [0.15, 0.2) is 0 Å². The minimum absolute atomic E-state index is 0.112. The molecule has 3 heterocycles. The number of piperazine rings is 1. The third-order valence-electron chi connectivity index (χ3n) is 4.40. The van der Waals surface area contributed by atoms with Crippen LogP contribution in [0.4, 0.5) is 0 Å². The van der Waals surface area contributed by atoms with E-state index in [0.717, 1.165) is 31.5 Å². The Kier molecular flexibility index (Phi) is 4.97. The highest BCUT2D eigenvalue weighted by molar-refractivity contribution is 5.87. The molecule has 3 rings (SSSR count). The molecule has 0 saturated carbocycles. The number of ether oxygens (including phenoxy) is 2. The van der Waals surface area contributed by atoms with Crippen LogP contribution in [0.25, 0.3) is 0 Å². The van der Waals surface area contributed by atoms with Gasteiger partial charge in [0.25, 0.3) is 5.91 Å². The molecule has 0 N–H and O–H groups in total. The Labute approximate surface area is 135 Å². The number of carbonyl (C=O) groups excluding carboxylic acids is 2. The number of esters is 1. The first-order chi connectivity index (χ1) is 11.2. The number of amides is 1. The molecule has 7 nitrogen and oxygen atoms in total. The van der Waals surface area contributed by atoms with E-state index in [1.54, 1.807) is 6.07 Å². The predicted molar refractivity (Wildman–Crippen MR) is 80.9 cm³/mol. The van der Waals surface area contributed by atoms with E-state index in [2.05, 4.69) is 4.90 Å². The molecule has 1 aromatic heterocycles. The zero-order valence-electron chi connectivity index (χ0n) is 13.3. The lowest BCUT2D eigenvalue weighted by atomic mass is 10.2. The summed E-state index contributed by atoms with van der Waals surface area (Å²) in [6.45, 7) is 4.21. The zero-order chi connectivity index (χ0) is 16.2. The van der Waals surface area contributed by atoms with E-state index in [4.69, 9.17) is 13.9 Å².